The van der Waals surface area contributed by atoms with Crippen LogP contribution in [-0.4, -0.2) is 18.1 Å². The summed E-state index contributed by atoms with van der Waals surface area (Å²) >= 11 is 3.35. The Morgan fingerprint density at radius 3 is 2.93 bits per heavy atom. The minimum Gasteiger partial charge on any atom is -0.465 e. The van der Waals surface area contributed by atoms with Gasteiger partial charge in [-0.2, -0.15) is 0 Å². The van der Waals surface area contributed by atoms with Crippen LogP contribution in [0.3, 0.4) is 0 Å². The number of aryl methyl sites for hydroxylation is 1. The molecule has 15 heavy (non-hydrogen) atoms. The van der Waals surface area contributed by atoms with E-state index in [0.717, 1.165) is 41.4 Å². The van der Waals surface area contributed by atoms with Crippen LogP contribution in [0.15, 0.2) is 10.7 Å². The number of aromatic nitrogens is 1. The van der Waals surface area contributed by atoms with E-state index in [-0.39, 0.29) is 5.97 Å². The van der Waals surface area contributed by atoms with Crippen molar-refractivity contribution in [3.8, 4) is 0 Å². The highest BCUT2D eigenvalue weighted by Crippen LogP contribution is 2.28. The fraction of sp³-hybridized carbons (Fsp3) is 0.455. The maximum absolute atomic E-state index is 11.6. The number of pyridine rings is 1. The van der Waals surface area contributed by atoms with Crippen molar-refractivity contribution in [2.24, 2.45) is 0 Å². The molecule has 1 aromatic heterocycles. The van der Waals surface area contributed by atoms with Gasteiger partial charge >= 0.3 is 5.97 Å². The molecule has 0 aliphatic heterocycles. The van der Waals surface area contributed by atoms with Gasteiger partial charge in [-0.1, -0.05) is 0 Å². The van der Waals surface area contributed by atoms with Crippen LogP contribution in [0, 0.1) is 0 Å². The molecule has 0 aromatic carbocycles. The molecule has 0 N–H and O–H groups in total. The summed E-state index contributed by atoms with van der Waals surface area (Å²) < 4.78 is 5.52. The summed E-state index contributed by atoms with van der Waals surface area (Å²) in [4.78, 5) is 16.0. The number of rotatable bonds is 1. The van der Waals surface area contributed by atoms with Crippen molar-refractivity contribution in [1.29, 1.82) is 0 Å². The Balaban J connectivity index is 2.55. The summed E-state index contributed by atoms with van der Waals surface area (Å²) in [5.74, 6) is -0.276. The highest BCUT2D eigenvalue weighted by molar-refractivity contribution is 9.10. The zero-order valence-corrected chi connectivity index (χ0v) is 10.1. The third-order valence-corrected chi connectivity index (χ3v) is 3.30. The van der Waals surface area contributed by atoms with Gasteiger partial charge in [-0.05, 0) is 47.2 Å². The normalized spacial score (nSPS) is 14.5. The van der Waals surface area contributed by atoms with Gasteiger partial charge in [0.2, 0.25) is 0 Å². The van der Waals surface area contributed by atoms with Crippen molar-refractivity contribution in [3.05, 3.63) is 27.5 Å². The Labute approximate surface area is 97.0 Å². The molecule has 2 rings (SSSR count). The molecular weight excluding hydrogens is 258 g/mol. The minimum atomic E-state index is -0.276. The Morgan fingerprint density at radius 1 is 1.47 bits per heavy atom. The minimum absolute atomic E-state index is 0.276. The third kappa shape index (κ3) is 1.91. The summed E-state index contributed by atoms with van der Waals surface area (Å²) in [6.45, 7) is 0. The molecule has 0 saturated heterocycles. The van der Waals surface area contributed by atoms with Gasteiger partial charge in [0.25, 0.3) is 0 Å². The molecule has 3 nitrogen and oxygen atoms in total. The molecule has 0 bridgehead atoms. The van der Waals surface area contributed by atoms with Crippen LogP contribution in [-0.2, 0) is 17.6 Å². The lowest BCUT2D eigenvalue weighted by atomic mass is 9.92. The van der Waals surface area contributed by atoms with E-state index in [0.29, 0.717) is 5.56 Å². The maximum atomic E-state index is 11.6. The van der Waals surface area contributed by atoms with Crippen LogP contribution < -0.4 is 0 Å². The first kappa shape index (κ1) is 10.6. The average Bonchev–Trinajstić information content (AvgIpc) is 2.28. The van der Waals surface area contributed by atoms with E-state index >= 15 is 0 Å². The van der Waals surface area contributed by atoms with Crippen molar-refractivity contribution < 1.29 is 9.53 Å². The molecule has 0 radical (unpaired) electrons. The lowest BCUT2D eigenvalue weighted by molar-refractivity contribution is 0.0598. The Morgan fingerprint density at radius 2 is 2.20 bits per heavy atom. The molecule has 0 amide bonds. The topological polar surface area (TPSA) is 39.2 Å². The summed E-state index contributed by atoms with van der Waals surface area (Å²) in [6.07, 6.45) is 5.85. The maximum Gasteiger partial charge on any atom is 0.339 e. The largest absolute Gasteiger partial charge is 0.465 e. The first-order chi connectivity index (χ1) is 7.24. The predicted octanol–water partition coefficient (Wildman–Crippen LogP) is 2.51. The van der Waals surface area contributed by atoms with Gasteiger partial charge in [-0.25, -0.2) is 4.79 Å². The Bertz CT molecular complexity index is 404. The molecule has 0 unspecified atom stereocenters. The number of carbonyl (C=O) groups excluding carboxylic acids is 1. The van der Waals surface area contributed by atoms with E-state index in [9.17, 15) is 4.79 Å². The monoisotopic (exact) mass is 269 g/mol. The van der Waals surface area contributed by atoms with Crippen molar-refractivity contribution in [2.75, 3.05) is 7.11 Å². The van der Waals surface area contributed by atoms with E-state index < -0.39 is 0 Å². The van der Waals surface area contributed by atoms with E-state index in [1.54, 1.807) is 6.20 Å². The zero-order valence-electron chi connectivity index (χ0n) is 8.55. The van der Waals surface area contributed by atoms with Crippen molar-refractivity contribution in [2.45, 2.75) is 25.7 Å². The molecule has 0 saturated carbocycles. The van der Waals surface area contributed by atoms with Crippen LogP contribution in [0.4, 0.5) is 0 Å². The number of methoxy groups -OCH3 is 1. The van der Waals surface area contributed by atoms with Crippen LogP contribution in [0.1, 0.15) is 34.5 Å². The van der Waals surface area contributed by atoms with Gasteiger partial charge in [0.15, 0.2) is 0 Å². The Hall–Kier alpha value is -0.900. The van der Waals surface area contributed by atoms with E-state index in [2.05, 4.69) is 20.9 Å². The highest BCUT2D eigenvalue weighted by Gasteiger charge is 2.21. The highest BCUT2D eigenvalue weighted by atomic mass is 79.9. The molecule has 1 aliphatic carbocycles. The predicted molar refractivity (Wildman–Crippen MR) is 59.9 cm³/mol. The molecule has 0 atom stereocenters. The van der Waals surface area contributed by atoms with Gasteiger partial charge in [-0.3, -0.25) is 4.98 Å². The standard InChI is InChI=1S/C11H12BrNO2/c1-15-11(14)10-7-4-2-3-5-9(7)13-6-8(10)12/h6H,2-5H2,1H3. The first-order valence-electron chi connectivity index (χ1n) is 4.98. The van der Waals surface area contributed by atoms with E-state index in [4.69, 9.17) is 4.74 Å². The molecule has 4 heteroatoms. The Kier molecular flexibility index (Phi) is 3.05. The second-order valence-electron chi connectivity index (χ2n) is 3.61. The van der Waals surface area contributed by atoms with Gasteiger partial charge in [-0.15, -0.1) is 0 Å². The number of hydrogen-bond donors (Lipinski definition) is 0. The molecule has 0 fully saturated rings. The molecule has 80 valence electrons. The number of esters is 1. The smallest absolute Gasteiger partial charge is 0.339 e. The quantitative estimate of drug-likeness (QED) is 0.736. The molecule has 0 spiro atoms. The number of ether oxygens (including phenoxy) is 1. The van der Waals surface area contributed by atoms with Crippen LogP contribution >= 0.6 is 15.9 Å². The summed E-state index contributed by atoms with van der Waals surface area (Å²) in [6, 6.07) is 0. The molecule has 1 heterocycles. The molecule has 1 aromatic rings. The fourth-order valence-electron chi connectivity index (χ4n) is 1.97. The van der Waals surface area contributed by atoms with Crippen molar-refractivity contribution in [3.63, 3.8) is 0 Å². The summed E-state index contributed by atoms with van der Waals surface area (Å²) in [5, 5.41) is 0. The summed E-state index contributed by atoms with van der Waals surface area (Å²) in [7, 11) is 1.41. The third-order valence-electron chi connectivity index (χ3n) is 2.70. The fourth-order valence-corrected chi connectivity index (χ4v) is 2.47. The number of fused-ring (bicyclic) bond motifs is 1. The zero-order chi connectivity index (χ0) is 10.8. The SMILES string of the molecule is COC(=O)c1c(Br)cnc2c1CCCC2. The van der Waals surface area contributed by atoms with Gasteiger partial charge in [0, 0.05) is 11.9 Å². The first-order valence-corrected chi connectivity index (χ1v) is 5.78. The van der Waals surface area contributed by atoms with E-state index in [1.165, 1.54) is 7.11 Å². The van der Waals surface area contributed by atoms with Crippen molar-refractivity contribution >= 4 is 21.9 Å². The summed E-state index contributed by atoms with van der Waals surface area (Å²) in [5.41, 5.74) is 2.76. The number of halogens is 1. The van der Waals surface area contributed by atoms with Gasteiger partial charge < -0.3 is 4.74 Å². The van der Waals surface area contributed by atoms with E-state index in [1.807, 2.05) is 0 Å². The number of hydrogen-bond acceptors (Lipinski definition) is 3. The molecule has 1 aliphatic rings. The second-order valence-corrected chi connectivity index (χ2v) is 4.46. The van der Waals surface area contributed by atoms with Crippen LogP contribution in [0.2, 0.25) is 0 Å². The number of carbonyl (C=O) groups is 1. The second kappa shape index (κ2) is 4.31. The number of nitrogens with zero attached hydrogens (tertiary/aromatic N) is 1. The lowest BCUT2D eigenvalue weighted by Crippen LogP contribution is -2.14. The van der Waals surface area contributed by atoms with Gasteiger partial charge in [0.1, 0.15) is 0 Å². The van der Waals surface area contributed by atoms with Gasteiger partial charge in [0.05, 0.1) is 17.1 Å². The van der Waals surface area contributed by atoms with Crippen LogP contribution in [0.5, 0.6) is 0 Å². The van der Waals surface area contributed by atoms with Crippen LogP contribution in [0.25, 0.3) is 0 Å². The lowest BCUT2D eigenvalue weighted by Gasteiger charge is -2.18. The average molecular weight is 270 g/mol. The van der Waals surface area contributed by atoms with Crippen molar-refractivity contribution in [1.82, 2.24) is 4.98 Å². The molecular formula is C11H12BrNO2.